The fraction of sp³-hybridized carbons (Fsp3) is 0.600. The fourth-order valence-electron chi connectivity index (χ4n) is 1.48. The van der Waals surface area contributed by atoms with Crippen molar-refractivity contribution < 1.29 is 9.47 Å². The average molecular weight is 312 g/mol. The first-order chi connectivity index (χ1) is 7.18. The molecule has 0 spiro atoms. The molecule has 2 heterocycles. The van der Waals surface area contributed by atoms with Gasteiger partial charge in [0, 0.05) is 4.88 Å². The number of rotatable bonds is 2. The summed E-state index contributed by atoms with van der Waals surface area (Å²) >= 11 is 11.3. The van der Waals surface area contributed by atoms with Crippen LogP contribution < -0.4 is 0 Å². The molecule has 2 nitrogen and oxygen atoms in total. The highest BCUT2D eigenvalue weighted by atomic mass is 79.9. The lowest BCUT2D eigenvalue weighted by Crippen LogP contribution is -2.31. The minimum atomic E-state index is 0.0906. The second-order valence-corrected chi connectivity index (χ2v) is 6.16. The standard InChI is InChI=1S/C10H12BrClO2S/c1-6-4-8(15-10(6)12)9(11)7-5-13-2-3-14-7/h4,7,9H,2-3,5H2,1H3. The number of hydrogen-bond donors (Lipinski definition) is 0. The van der Waals surface area contributed by atoms with Gasteiger partial charge in [-0.05, 0) is 18.6 Å². The van der Waals surface area contributed by atoms with Crippen LogP contribution in [0.1, 0.15) is 15.3 Å². The molecule has 0 saturated carbocycles. The molecule has 0 radical (unpaired) electrons. The van der Waals surface area contributed by atoms with Gasteiger partial charge in [-0.1, -0.05) is 27.5 Å². The molecular formula is C10H12BrClO2S. The Bertz CT molecular complexity index is 317. The molecule has 2 rings (SSSR count). The summed E-state index contributed by atoms with van der Waals surface area (Å²) in [6.07, 6.45) is 0.0906. The lowest BCUT2D eigenvalue weighted by molar-refractivity contribution is -0.0873. The first-order valence-corrected chi connectivity index (χ1v) is 6.88. The Labute approximate surface area is 107 Å². The van der Waals surface area contributed by atoms with Crippen molar-refractivity contribution in [1.29, 1.82) is 0 Å². The van der Waals surface area contributed by atoms with E-state index in [4.69, 9.17) is 21.1 Å². The van der Waals surface area contributed by atoms with Crippen molar-refractivity contribution in [1.82, 2.24) is 0 Å². The smallest absolute Gasteiger partial charge is 0.0983 e. The maximum Gasteiger partial charge on any atom is 0.0983 e. The maximum absolute atomic E-state index is 6.04. The predicted octanol–water partition coefficient (Wildman–Crippen LogP) is 3.56. The van der Waals surface area contributed by atoms with Crippen molar-refractivity contribution in [3.8, 4) is 0 Å². The summed E-state index contributed by atoms with van der Waals surface area (Å²) in [7, 11) is 0. The second kappa shape index (κ2) is 5.15. The molecule has 84 valence electrons. The molecule has 2 unspecified atom stereocenters. The van der Waals surface area contributed by atoms with Gasteiger partial charge in [-0.15, -0.1) is 11.3 Å². The molecule has 0 bridgehead atoms. The maximum atomic E-state index is 6.04. The van der Waals surface area contributed by atoms with E-state index in [0.717, 1.165) is 9.90 Å². The quantitative estimate of drug-likeness (QED) is 0.778. The molecule has 1 aromatic heterocycles. The van der Waals surface area contributed by atoms with E-state index in [-0.39, 0.29) is 10.9 Å². The van der Waals surface area contributed by atoms with Crippen LogP contribution in [-0.4, -0.2) is 25.9 Å². The molecule has 0 aromatic carbocycles. The fourth-order valence-corrected chi connectivity index (χ4v) is 3.44. The molecule has 0 aliphatic carbocycles. The Morgan fingerprint density at radius 1 is 1.60 bits per heavy atom. The number of halogens is 2. The molecule has 2 atom stereocenters. The number of aryl methyl sites for hydroxylation is 1. The topological polar surface area (TPSA) is 18.5 Å². The van der Waals surface area contributed by atoms with Crippen molar-refractivity contribution in [3.63, 3.8) is 0 Å². The van der Waals surface area contributed by atoms with Crippen LogP contribution >= 0.6 is 38.9 Å². The van der Waals surface area contributed by atoms with Gasteiger partial charge in [0.15, 0.2) is 0 Å². The van der Waals surface area contributed by atoms with Gasteiger partial charge in [0.05, 0.1) is 35.1 Å². The van der Waals surface area contributed by atoms with Gasteiger partial charge in [-0.2, -0.15) is 0 Å². The Balaban J connectivity index is 2.08. The summed E-state index contributed by atoms with van der Waals surface area (Å²) < 4.78 is 11.9. The zero-order valence-corrected chi connectivity index (χ0v) is 11.5. The van der Waals surface area contributed by atoms with Crippen molar-refractivity contribution >= 4 is 38.9 Å². The van der Waals surface area contributed by atoms with Crippen LogP contribution in [0.3, 0.4) is 0 Å². The third-order valence-electron chi connectivity index (χ3n) is 2.32. The Kier molecular flexibility index (Phi) is 4.07. The van der Waals surface area contributed by atoms with Crippen LogP contribution in [-0.2, 0) is 9.47 Å². The van der Waals surface area contributed by atoms with E-state index in [1.54, 1.807) is 11.3 Å². The summed E-state index contributed by atoms with van der Waals surface area (Å²) in [5.74, 6) is 0. The van der Waals surface area contributed by atoms with Gasteiger partial charge in [0.2, 0.25) is 0 Å². The second-order valence-electron chi connectivity index (χ2n) is 3.49. The Morgan fingerprint density at radius 2 is 2.40 bits per heavy atom. The molecule has 5 heteroatoms. The molecule has 1 fully saturated rings. The summed E-state index contributed by atoms with van der Waals surface area (Å²) in [5.41, 5.74) is 1.12. The van der Waals surface area contributed by atoms with Gasteiger partial charge in [-0.25, -0.2) is 0 Å². The minimum Gasteiger partial charge on any atom is -0.376 e. The lowest BCUT2D eigenvalue weighted by atomic mass is 10.2. The van der Waals surface area contributed by atoms with Gasteiger partial charge in [-0.3, -0.25) is 0 Å². The minimum absolute atomic E-state index is 0.0906. The Hall–Kier alpha value is 0.390. The predicted molar refractivity (Wildman–Crippen MR) is 66.3 cm³/mol. The Morgan fingerprint density at radius 3 is 2.93 bits per heavy atom. The van der Waals surface area contributed by atoms with Crippen LogP contribution in [0.4, 0.5) is 0 Å². The van der Waals surface area contributed by atoms with Crippen LogP contribution in [0.5, 0.6) is 0 Å². The number of thiophene rings is 1. The third kappa shape index (κ3) is 2.74. The van der Waals surface area contributed by atoms with E-state index in [0.29, 0.717) is 19.8 Å². The summed E-state index contributed by atoms with van der Waals surface area (Å²) in [4.78, 5) is 1.38. The number of alkyl halides is 1. The summed E-state index contributed by atoms with van der Waals surface area (Å²) in [5, 5.41) is 0. The zero-order chi connectivity index (χ0) is 10.8. The molecule has 15 heavy (non-hydrogen) atoms. The van der Waals surface area contributed by atoms with Crippen LogP contribution in [0.15, 0.2) is 6.07 Å². The SMILES string of the molecule is Cc1cc(C(Br)C2COCCO2)sc1Cl. The summed E-state index contributed by atoms with van der Waals surface area (Å²) in [6.45, 7) is 4.02. The van der Waals surface area contributed by atoms with E-state index in [1.165, 1.54) is 4.88 Å². The average Bonchev–Trinajstić information content (AvgIpc) is 2.59. The molecule has 0 N–H and O–H groups in total. The van der Waals surface area contributed by atoms with E-state index in [1.807, 2.05) is 6.92 Å². The van der Waals surface area contributed by atoms with E-state index >= 15 is 0 Å². The van der Waals surface area contributed by atoms with E-state index in [2.05, 4.69) is 22.0 Å². The number of ether oxygens (including phenoxy) is 2. The lowest BCUT2D eigenvalue weighted by Gasteiger charge is -2.26. The van der Waals surface area contributed by atoms with E-state index in [9.17, 15) is 0 Å². The van der Waals surface area contributed by atoms with Gasteiger partial charge in [0.25, 0.3) is 0 Å². The molecular weight excluding hydrogens is 300 g/mol. The highest BCUT2D eigenvalue weighted by molar-refractivity contribution is 9.09. The van der Waals surface area contributed by atoms with Gasteiger partial charge in [0.1, 0.15) is 0 Å². The highest BCUT2D eigenvalue weighted by Crippen LogP contribution is 2.38. The molecule has 1 aliphatic heterocycles. The monoisotopic (exact) mass is 310 g/mol. The van der Waals surface area contributed by atoms with Crippen molar-refractivity contribution in [2.24, 2.45) is 0 Å². The molecule has 1 aromatic rings. The molecule has 1 saturated heterocycles. The molecule has 1 aliphatic rings. The van der Waals surface area contributed by atoms with E-state index < -0.39 is 0 Å². The van der Waals surface area contributed by atoms with Crippen molar-refractivity contribution in [2.45, 2.75) is 17.9 Å². The normalized spacial score (nSPS) is 24.1. The van der Waals surface area contributed by atoms with Crippen LogP contribution in [0.2, 0.25) is 4.34 Å². The molecule has 0 amide bonds. The van der Waals surface area contributed by atoms with Crippen molar-refractivity contribution in [2.75, 3.05) is 19.8 Å². The first-order valence-electron chi connectivity index (χ1n) is 4.77. The van der Waals surface area contributed by atoms with Crippen LogP contribution in [0, 0.1) is 6.92 Å². The zero-order valence-electron chi connectivity index (χ0n) is 8.33. The van der Waals surface area contributed by atoms with Gasteiger partial charge < -0.3 is 9.47 Å². The first kappa shape index (κ1) is 11.9. The van der Waals surface area contributed by atoms with Crippen LogP contribution in [0.25, 0.3) is 0 Å². The van der Waals surface area contributed by atoms with Gasteiger partial charge >= 0.3 is 0 Å². The largest absolute Gasteiger partial charge is 0.376 e. The highest BCUT2D eigenvalue weighted by Gasteiger charge is 2.26. The number of hydrogen-bond acceptors (Lipinski definition) is 3. The third-order valence-corrected chi connectivity index (χ3v) is 5.34. The van der Waals surface area contributed by atoms with Crippen molar-refractivity contribution in [3.05, 3.63) is 20.8 Å². The summed E-state index contributed by atoms with van der Waals surface area (Å²) in [6, 6.07) is 2.10.